The van der Waals surface area contributed by atoms with Gasteiger partial charge in [-0.3, -0.25) is 0 Å². The van der Waals surface area contributed by atoms with Gasteiger partial charge in [0.05, 0.1) is 11.6 Å². The van der Waals surface area contributed by atoms with Crippen molar-refractivity contribution >= 4 is 11.6 Å². The molecule has 0 saturated carbocycles. The molecule has 0 heterocycles. The van der Waals surface area contributed by atoms with Crippen molar-refractivity contribution in [3.63, 3.8) is 0 Å². The van der Waals surface area contributed by atoms with Gasteiger partial charge in [0, 0.05) is 17.1 Å². The second-order valence-electron chi connectivity index (χ2n) is 4.59. The second kappa shape index (κ2) is 7.68. The molecule has 0 bridgehead atoms. The van der Waals surface area contributed by atoms with Crippen LogP contribution in [0, 0.1) is 11.3 Å². The first kappa shape index (κ1) is 15.4. The molecule has 0 aromatic heterocycles. The minimum Gasteiger partial charge on any atom is -0.489 e. The number of ether oxygens (including phenoxy) is 1. The van der Waals surface area contributed by atoms with Gasteiger partial charge in [0.15, 0.2) is 0 Å². The van der Waals surface area contributed by atoms with Gasteiger partial charge < -0.3 is 10.1 Å². The van der Waals surface area contributed by atoms with Gasteiger partial charge >= 0.3 is 0 Å². The number of hydrogen-bond acceptors (Lipinski definition) is 3. The highest BCUT2D eigenvalue weighted by molar-refractivity contribution is 6.31. The zero-order valence-corrected chi connectivity index (χ0v) is 12.7. The van der Waals surface area contributed by atoms with E-state index in [9.17, 15) is 0 Å². The molecule has 0 unspecified atom stereocenters. The summed E-state index contributed by atoms with van der Waals surface area (Å²) in [6.45, 7) is 4.05. The Labute approximate surface area is 130 Å². The van der Waals surface area contributed by atoms with Gasteiger partial charge in [-0.1, -0.05) is 36.7 Å². The molecule has 4 heteroatoms. The molecule has 1 N–H and O–H groups in total. The van der Waals surface area contributed by atoms with E-state index in [4.69, 9.17) is 21.6 Å². The Hall–Kier alpha value is -2.02. The Bertz CT molecular complexity index is 632. The largest absolute Gasteiger partial charge is 0.489 e. The lowest BCUT2D eigenvalue weighted by Gasteiger charge is -2.13. The molecular formula is C17H17ClN2O. The third-order valence-corrected chi connectivity index (χ3v) is 3.46. The van der Waals surface area contributed by atoms with E-state index in [1.165, 1.54) is 0 Å². The quantitative estimate of drug-likeness (QED) is 0.880. The first-order valence-electron chi connectivity index (χ1n) is 6.84. The first-order valence-corrected chi connectivity index (χ1v) is 7.22. The number of halogens is 1. The maximum atomic E-state index is 8.78. The van der Waals surface area contributed by atoms with Crippen LogP contribution in [0.2, 0.25) is 5.02 Å². The minimum absolute atomic E-state index is 0.450. The zero-order chi connectivity index (χ0) is 15.1. The monoisotopic (exact) mass is 300 g/mol. The molecule has 0 spiro atoms. The normalized spacial score (nSPS) is 10.1. The standard InChI is InChI=1S/C17H17ClN2O/c1-2-20-11-15-16(18)4-3-5-17(15)21-12-14-8-6-13(10-19)7-9-14/h3-9,20H,2,11-12H2,1H3. The van der Waals surface area contributed by atoms with Crippen LogP contribution in [0.1, 0.15) is 23.6 Å². The van der Waals surface area contributed by atoms with Crippen molar-refractivity contribution in [1.82, 2.24) is 5.32 Å². The third-order valence-electron chi connectivity index (χ3n) is 3.11. The summed E-state index contributed by atoms with van der Waals surface area (Å²) in [7, 11) is 0. The van der Waals surface area contributed by atoms with Crippen molar-refractivity contribution in [3.8, 4) is 11.8 Å². The summed E-state index contributed by atoms with van der Waals surface area (Å²) >= 11 is 6.23. The highest BCUT2D eigenvalue weighted by Crippen LogP contribution is 2.27. The molecule has 2 aromatic carbocycles. The number of benzene rings is 2. The predicted octanol–water partition coefficient (Wildman–Crippen LogP) is 3.90. The number of nitrogens with zero attached hydrogens (tertiary/aromatic N) is 1. The Morgan fingerprint density at radius 3 is 2.62 bits per heavy atom. The van der Waals surface area contributed by atoms with Crippen LogP contribution in [0.15, 0.2) is 42.5 Å². The van der Waals surface area contributed by atoms with Crippen LogP contribution in [-0.2, 0) is 13.2 Å². The highest BCUT2D eigenvalue weighted by Gasteiger charge is 2.08. The molecule has 0 radical (unpaired) electrons. The second-order valence-corrected chi connectivity index (χ2v) is 5.00. The summed E-state index contributed by atoms with van der Waals surface area (Å²) < 4.78 is 5.87. The summed E-state index contributed by atoms with van der Waals surface area (Å²) in [5, 5.41) is 12.7. The van der Waals surface area contributed by atoms with Gasteiger partial charge in [0.1, 0.15) is 12.4 Å². The van der Waals surface area contributed by atoms with Gasteiger partial charge in [0.2, 0.25) is 0 Å². The van der Waals surface area contributed by atoms with Crippen molar-refractivity contribution in [1.29, 1.82) is 5.26 Å². The van der Waals surface area contributed by atoms with Crippen molar-refractivity contribution in [3.05, 3.63) is 64.2 Å². The average molecular weight is 301 g/mol. The Kier molecular flexibility index (Phi) is 5.62. The van der Waals surface area contributed by atoms with Gasteiger partial charge in [-0.25, -0.2) is 0 Å². The molecular weight excluding hydrogens is 284 g/mol. The summed E-state index contributed by atoms with van der Waals surface area (Å²) in [5.74, 6) is 0.785. The first-order chi connectivity index (χ1) is 10.2. The number of rotatable bonds is 6. The lowest BCUT2D eigenvalue weighted by atomic mass is 10.1. The predicted molar refractivity (Wildman–Crippen MR) is 84.3 cm³/mol. The molecule has 0 atom stereocenters. The number of nitrogens with one attached hydrogen (secondary N) is 1. The number of hydrogen-bond donors (Lipinski definition) is 1. The van der Waals surface area contributed by atoms with E-state index in [2.05, 4.69) is 11.4 Å². The summed E-state index contributed by atoms with van der Waals surface area (Å²) in [6.07, 6.45) is 0. The van der Waals surface area contributed by atoms with Crippen molar-refractivity contribution in [2.45, 2.75) is 20.1 Å². The third kappa shape index (κ3) is 4.22. The molecule has 108 valence electrons. The van der Waals surface area contributed by atoms with Gasteiger partial charge in [-0.15, -0.1) is 0 Å². The fourth-order valence-corrected chi connectivity index (χ4v) is 2.16. The smallest absolute Gasteiger partial charge is 0.125 e. The average Bonchev–Trinajstić information content (AvgIpc) is 2.52. The highest BCUT2D eigenvalue weighted by atomic mass is 35.5. The van der Waals surface area contributed by atoms with E-state index in [0.29, 0.717) is 23.7 Å². The van der Waals surface area contributed by atoms with E-state index in [1.807, 2.05) is 37.3 Å². The van der Waals surface area contributed by atoms with Crippen LogP contribution in [0.5, 0.6) is 5.75 Å². The molecule has 3 nitrogen and oxygen atoms in total. The maximum absolute atomic E-state index is 8.78. The SMILES string of the molecule is CCNCc1c(Cl)cccc1OCc1ccc(C#N)cc1. The molecule has 2 aromatic rings. The molecule has 21 heavy (non-hydrogen) atoms. The molecule has 0 aliphatic rings. The van der Waals surface area contributed by atoms with Crippen molar-refractivity contribution in [2.75, 3.05) is 6.54 Å². The lowest BCUT2D eigenvalue weighted by Crippen LogP contribution is -2.13. The minimum atomic E-state index is 0.450. The molecule has 0 aliphatic heterocycles. The van der Waals surface area contributed by atoms with E-state index in [0.717, 1.165) is 23.4 Å². The molecule has 2 rings (SSSR count). The van der Waals surface area contributed by atoms with Gasteiger partial charge in [0.25, 0.3) is 0 Å². The Balaban J connectivity index is 2.08. The van der Waals surface area contributed by atoms with Crippen LogP contribution >= 0.6 is 11.6 Å². The van der Waals surface area contributed by atoms with Gasteiger partial charge in [-0.2, -0.15) is 5.26 Å². The molecule has 0 fully saturated rings. The maximum Gasteiger partial charge on any atom is 0.125 e. The van der Waals surface area contributed by atoms with E-state index in [-0.39, 0.29) is 0 Å². The lowest BCUT2D eigenvalue weighted by molar-refractivity contribution is 0.302. The molecule has 0 amide bonds. The van der Waals surface area contributed by atoms with Crippen LogP contribution in [0.4, 0.5) is 0 Å². The van der Waals surface area contributed by atoms with Crippen LogP contribution in [-0.4, -0.2) is 6.54 Å². The Morgan fingerprint density at radius 1 is 1.19 bits per heavy atom. The van der Waals surface area contributed by atoms with Crippen LogP contribution in [0.3, 0.4) is 0 Å². The zero-order valence-electron chi connectivity index (χ0n) is 11.9. The van der Waals surface area contributed by atoms with E-state index >= 15 is 0 Å². The summed E-state index contributed by atoms with van der Waals surface area (Å²) in [5.41, 5.74) is 2.63. The summed E-state index contributed by atoms with van der Waals surface area (Å²) in [6, 6.07) is 15.1. The van der Waals surface area contributed by atoms with Gasteiger partial charge in [-0.05, 0) is 36.4 Å². The molecule has 0 aliphatic carbocycles. The van der Waals surface area contributed by atoms with E-state index < -0.39 is 0 Å². The summed E-state index contributed by atoms with van der Waals surface area (Å²) in [4.78, 5) is 0. The van der Waals surface area contributed by atoms with Crippen molar-refractivity contribution < 1.29 is 4.74 Å². The fraction of sp³-hybridized carbons (Fsp3) is 0.235. The van der Waals surface area contributed by atoms with Crippen molar-refractivity contribution in [2.24, 2.45) is 0 Å². The van der Waals surface area contributed by atoms with Crippen LogP contribution < -0.4 is 10.1 Å². The molecule has 0 saturated heterocycles. The fourth-order valence-electron chi connectivity index (χ4n) is 1.93. The topological polar surface area (TPSA) is 45.0 Å². The van der Waals surface area contributed by atoms with E-state index in [1.54, 1.807) is 12.1 Å². The Morgan fingerprint density at radius 2 is 1.95 bits per heavy atom. The van der Waals surface area contributed by atoms with Crippen LogP contribution in [0.25, 0.3) is 0 Å². The number of nitriles is 1.